The third-order valence-corrected chi connectivity index (χ3v) is 3.92. The summed E-state index contributed by atoms with van der Waals surface area (Å²) in [7, 11) is 0. The van der Waals surface area contributed by atoms with Crippen molar-refractivity contribution in [1.29, 1.82) is 0 Å². The van der Waals surface area contributed by atoms with E-state index in [1.807, 2.05) is 0 Å². The van der Waals surface area contributed by atoms with Gasteiger partial charge in [-0.3, -0.25) is 0 Å². The Morgan fingerprint density at radius 3 is 2.25 bits per heavy atom. The molecule has 3 aromatic carbocycles. The molecule has 0 saturated heterocycles. The molecule has 0 heterocycles. The highest BCUT2D eigenvalue weighted by Crippen LogP contribution is 2.33. The van der Waals surface area contributed by atoms with E-state index in [4.69, 9.17) is 0 Å². The van der Waals surface area contributed by atoms with Crippen molar-refractivity contribution in [2.75, 3.05) is 0 Å². The van der Waals surface area contributed by atoms with E-state index in [0.717, 1.165) is 8.95 Å². The highest BCUT2D eigenvalue weighted by atomic mass is 79.9. The molecule has 0 aliphatic heterocycles. The molecule has 78 valence electrons. The second-order valence-corrected chi connectivity index (χ2v) is 5.54. The Morgan fingerprint density at radius 2 is 1.44 bits per heavy atom. The predicted molar refractivity (Wildman–Crippen MR) is 76.9 cm³/mol. The summed E-state index contributed by atoms with van der Waals surface area (Å²) in [6.45, 7) is 0. The third-order valence-electron chi connectivity index (χ3n) is 2.77. The zero-order valence-corrected chi connectivity index (χ0v) is 11.5. The van der Waals surface area contributed by atoms with Gasteiger partial charge in [0.1, 0.15) is 0 Å². The van der Waals surface area contributed by atoms with Gasteiger partial charge in [-0.1, -0.05) is 62.2 Å². The zero-order chi connectivity index (χ0) is 11.1. The number of rotatable bonds is 0. The van der Waals surface area contributed by atoms with E-state index in [1.54, 1.807) is 0 Å². The minimum Gasteiger partial charge on any atom is -0.0616 e. The Bertz CT molecular complexity index is 687. The van der Waals surface area contributed by atoms with Gasteiger partial charge >= 0.3 is 0 Å². The molecule has 3 rings (SSSR count). The van der Waals surface area contributed by atoms with Crippen molar-refractivity contribution in [3.05, 3.63) is 57.5 Å². The third kappa shape index (κ3) is 1.57. The molecule has 0 bridgehead atoms. The van der Waals surface area contributed by atoms with Crippen LogP contribution >= 0.6 is 31.9 Å². The van der Waals surface area contributed by atoms with Gasteiger partial charge < -0.3 is 0 Å². The van der Waals surface area contributed by atoms with Gasteiger partial charge in [0.25, 0.3) is 0 Å². The van der Waals surface area contributed by atoms with Gasteiger partial charge in [0, 0.05) is 8.95 Å². The summed E-state index contributed by atoms with van der Waals surface area (Å²) in [4.78, 5) is 0. The van der Waals surface area contributed by atoms with Crippen molar-refractivity contribution < 1.29 is 0 Å². The molecule has 2 heteroatoms. The van der Waals surface area contributed by atoms with Gasteiger partial charge in [-0.15, -0.1) is 0 Å². The highest BCUT2D eigenvalue weighted by molar-refractivity contribution is 9.11. The maximum absolute atomic E-state index is 3.62. The molecule has 0 N–H and O–H groups in total. The monoisotopic (exact) mass is 334 g/mol. The summed E-state index contributed by atoms with van der Waals surface area (Å²) in [6, 6.07) is 17.0. The van der Waals surface area contributed by atoms with Gasteiger partial charge in [-0.2, -0.15) is 0 Å². The lowest BCUT2D eigenvalue weighted by Gasteiger charge is -2.06. The van der Waals surface area contributed by atoms with Crippen LogP contribution in [0.1, 0.15) is 0 Å². The second kappa shape index (κ2) is 3.86. The Morgan fingerprint density at radius 1 is 0.688 bits per heavy atom. The fourth-order valence-electron chi connectivity index (χ4n) is 2.03. The van der Waals surface area contributed by atoms with Crippen LogP contribution in [0.5, 0.6) is 0 Å². The first-order valence-electron chi connectivity index (χ1n) is 5.02. The largest absolute Gasteiger partial charge is 0.0616 e. The quantitative estimate of drug-likeness (QED) is 0.474. The van der Waals surface area contributed by atoms with Crippen molar-refractivity contribution in [2.45, 2.75) is 0 Å². The van der Waals surface area contributed by atoms with Crippen LogP contribution in [0, 0.1) is 0 Å². The van der Waals surface area contributed by atoms with Crippen LogP contribution in [0.25, 0.3) is 21.5 Å². The molecule has 0 aliphatic rings. The van der Waals surface area contributed by atoms with Crippen LogP contribution < -0.4 is 0 Å². The Hall–Kier alpha value is -0.860. The average Bonchev–Trinajstić information content (AvgIpc) is 2.31. The van der Waals surface area contributed by atoms with Gasteiger partial charge in [0.2, 0.25) is 0 Å². The van der Waals surface area contributed by atoms with Crippen LogP contribution in [0.3, 0.4) is 0 Å². The first-order chi connectivity index (χ1) is 7.75. The lowest BCUT2D eigenvalue weighted by Crippen LogP contribution is -1.79. The molecular weight excluding hydrogens is 328 g/mol. The summed E-state index contributed by atoms with van der Waals surface area (Å²) in [5.41, 5.74) is 0. The number of fused-ring (bicyclic) bond motifs is 3. The summed E-state index contributed by atoms with van der Waals surface area (Å²) >= 11 is 7.15. The van der Waals surface area contributed by atoms with Crippen molar-refractivity contribution in [3.8, 4) is 0 Å². The van der Waals surface area contributed by atoms with Crippen LogP contribution in [-0.2, 0) is 0 Å². The molecule has 0 amide bonds. The summed E-state index contributed by atoms with van der Waals surface area (Å²) < 4.78 is 2.27. The topological polar surface area (TPSA) is 0 Å². The average molecular weight is 336 g/mol. The van der Waals surface area contributed by atoms with Crippen LogP contribution in [-0.4, -0.2) is 0 Å². The van der Waals surface area contributed by atoms with Crippen molar-refractivity contribution in [2.24, 2.45) is 0 Å². The highest BCUT2D eigenvalue weighted by Gasteiger charge is 2.04. The molecular formula is C14H8Br2. The normalized spacial score (nSPS) is 11.1. The zero-order valence-electron chi connectivity index (χ0n) is 8.37. The SMILES string of the molecule is Brc1ccc2cc(Br)c3ccccc3c2c1. The number of benzene rings is 3. The number of hydrogen-bond acceptors (Lipinski definition) is 0. The van der Waals surface area contributed by atoms with Gasteiger partial charge in [0.05, 0.1) is 0 Å². The minimum absolute atomic E-state index is 1.12. The summed E-state index contributed by atoms with van der Waals surface area (Å²) in [5, 5.41) is 5.09. The van der Waals surface area contributed by atoms with E-state index in [9.17, 15) is 0 Å². The standard InChI is InChI=1S/C14H8Br2/c15-10-6-5-9-7-14(16)12-4-2-1-3-11(12)13(9)8-10/h1-8H. The lowest BCUT2D eigenvalue weighted by atomic mass is 10.0. The van der Waals surface area contributed by atoms with Crippen LogP contribution in [0.2, 0.25) is 0 Å². The first-order valence-corrected chi connectivity index (χ1v) is 6.61. The molecule has 0 fully saturated rings. The molecule has 0 aliphatic carbocycles. The summed E-state index contributed by atoms with van der Waals surface area (Å²) in [6.07, 6.45) is 0. The second-order valence-electron chi connectivity index (χ2n) is 3.77. The molecule has 0 nitrogen and oxygen atoms in total. The molecule has 0 saturated carbocycles. The molecule has 16 heavy (non-hydrogen) atoms. The lowest BCUT2D eigenvalue weighted by molar-refractivity contribution is 1.70. The molecule has 3 aromatic rings. The maximum atomic E-state index is 3.62. The van der Waals surface area contributed by atoms with E-state index >= 15 is 0 Å². The fourth-order valence-corrected chi connectivity index (χ4v) is 2.98. The summed E-state index contributed by atoms with van der Waals surface area (Å²) in [5.74, 6) is 0. The van der Waals surface area contributed by atoms with Crippen LogP contribution in [0.4, 0.5) is 0 Å². The van der Waals surface area contributed by atoms with E-state index in [-0.39, 0.29) is 0 Å². The molecule has 0 unspecified atom stereocenters. The van der Waals surface area contributed by atoms with Crippen molar-refractivity contribution in [1.82, 2.24) is 0 Å². The van der Waals surface area contributed by atoms with Gasteiger partial charge in [0.15, 0.2) is 0 Å². The smallest absolute Gasteiger partial charge is 0.0260 e. The van der Waals surface area contributed by atoms with Crippen molar-refractivity contribution in [3.63, 3.8) is 0 Å². The van der Waals surface area contributed by atoms with E-state index in [1.165, 1.54) is 21.5 Å². The van der Waals surface area contributed by atoms with E-state index in [0.29, 0.717) is 0 Å². The first kappa shape index (κ1) is 10.3. The maximum Gasteiger partial charge on any atom is 0.0260 e. The van der Waals surface area contributed by atoms with Crippen molar-refractivity contribution >= 4 is 53.4 Å². The molecule has 0 spiro atoms. The molecule has 0 aromatic heterocycles. The Kier molecular flexibility index (Phi) is 2.49. The minimum atomic E-state index is 1.12. The Labute approximate surface area is 111 Å². The predicted octanol–water partition coefficient (Wildman–Crippen LogP) is 5.52. The van der Waals surface area contributed by atoms with Gasteiger partial charge in [-0.05, 0) is 39.7 Å². The van der Waals surface area contributed by atoms with Crippen LogP contribution in [0.15, 0.2) is 57.5 Å². The molecule has 0 radical (unpaired) electrons. The number of hydrogen-bond donors (Lipinski definition) is 0. The van der Waals surface area contributed by atoms with E-state index < -0.39 is 0 Å². The Balaban J connectivity index is 2.61. The number of halogens is 2. The van der Waals surface area contributed by atoms with Gasteiger partial charge in [-0.25, -0.2) is 0 Å². The van der Waals surface area contributed by atoms with E-state index in [2.05, 4.69) is 80.4 Å². The fraction of sp³-hybridized carbons (Fsp3) is 0. The molecule has 0 atom stereocenters.